The molecule has 88 valence electrons. The second-order valence-corrected chi connectivity index (χ2v) is 5.89. The number of hydrogen-bond acceptors (Lipinski definition) is 1. The summed E-state index contributed by atoms with van der Waals surface area (Å²) in [7, 11) is 2.16. The molecule has 0 bridgehead atoms. The van der Waals surface area contributed by atoms with E-state index in [1.807, 2.05) is 11.3 Å². The van der Waals surface area contributed by atoms with Crippen molar-refractivity contribution in [2.24, 2.45) is 7.05 Å². The molecule has 0 aliphatic carbocycles. The van der Waals surface area contributed by atoms with E-state index in [4.69, 9.17) is 0 Å². The van der Waals surface area contributed by atoms with Gasteiger partial charge in [-0.25, -0.2) is 0 Å². The van der Waals surface area contributed by atoms with Gasteiger partial charge in [-0.2, -0.15) is 0 Å². The van der Waals surface area contributed by atoms with E-state index in [-0.39, 0.29) is 0 Å². The number of fused-ring (bicyclic) bond motifs is 5. The van der Waals surface area contributed by atoms with E-state index in [0.717, 1.165) is 0 Å². The predicted octanol–water partition coefficient (Wildman–Crippen LogP) is 4.85. The van der Waals surface area contributed by atoms with Crippen molar-refractivity contribution in [1.29, 1.82) is 0 Å². The second kappa shape index (κ2) is 3.36. The zero-order valence-electron chi connectivity index (χ0n) is 10.4. The SMILES string of the molecule is Cc1ccc2c(c1)sc1c2c2ccccc2n1C. The predicted molar refractivity (Wildman–Crippen MR) is 80.5 cm³/mol. The largest absolute Gasteiger partial charge is 0.335 e. The Bertz CT molecular complexity index is 896. The molecule has 0 aliphatic heterocycles. The maximum Gasteiger partial charge on any atom is 0.104 e. The molecule has 4 rings (SSSR count). The van der Waals surface area contributed by atoms with Crippen LogP contribution in [0.1, 0.15) is 5.56 Å². The van der Waals surface area contributed by atoms with E-state index in [0.29, 0.717) is 0 Å². The standard InChI is InChI=1S/C16H13NS/c1-10-7-8-12-14(9-10)18-16-15(12)11-5-3-4-6-13(11)17(16)2/h3-9H,1-2H3. The maximum atomic E-state index is 2.31. The average molecular weight is 251 g/mol. The molecule has 0 amide bonds. The number of hydrogen-bond donors (Lipinski definition) is 0. The monoisotopic (exact) mass is 251 g/mol. The van der Waals surface area contributed by atoms with Crippen LogP contribution in [0, 0.1) is 6.92 Å². The molecule has 0 radical (unpaired) electrons. The molecule has 2 aromatic carbocycles. The first-order valence-corrected chi connectivity index (χ1v) is 6.93. The fourth-order valence-corrected chi connectivity index (χ4v) is 4.06. The van der Waals surface area contributed by atoms with E-state index >= 15 is 0 Å². The number of aromatic nitrogens is 1. The van der Waals surface area contributed by atoms with Crippen molar-refractivity contribution in [2.45, 2.75) is 6.92 Å². The zero-order chi connectivity index (χ0) is 12.3. The summed E-state index contributed by atoms with van der Waals surface area (Å²) in [5.41, 5.74) is 2.65. The summed E-state index contributed by atoms with van der Waals surface area (Å²) in [5.74, 6) is 0. The molecule has 2 heteroatoms. The highest BCUT2D eigenvalue weighted by molar-refractivity contribution is 7.25. The summed E-state index contributed by atoms with van der Waals surface area (Å²) in [6.45, 7) is 2.15. The molecule has 18 heavy (non-hydrogen) atoms. The number of para-hydroxylation sites is 1. The average Bonchev–Trinajstić information content (AvgIpc) is 2.87. The van der Waals surface area contributed by atoms with Gasteiger partial charge in [0.25, 0.3) is 0 Å². The molecule has 1 nitrogen and oxygen atoms in total. The van der Waals surface area contributed by atoms with Crippen LogP contribution in [0.4, 0.5) is 0 Å². The van der Waals surface area contributed by atoms with E-state index in [9.17, 15) is 0 Å². The van der Waals surface area contributed by atoms with Gasteiger partial charge >= 0.3 is 0 Å². The molecule has 0 saturated heterocycles. The number of aryl methyl sites for hydroxylation is 2. The van der Waals surface area contributed by atoms with Gasteiger partial charge < -0.3 is 4.57 Å². The van der Waals surface area contributed by atoms with Crippen molar-refractivity contribution in [3.8, 4) is 0 Å². The summed E-state index contributed by atoms with van der Waals surface area (Å²) in [4.78, 5) is 1.37. The highest BCUT2D eigenvalue weighted by Gasteiger charge is 2.13. The molecule has 0 aliphatic rings. The topological polar surface area (TPSA) is 4.93 Å². The fraction of sp³-hybridized carbons (Fsp3) is 0.125. The van der Waals surface area contributed by atoms with Crippen LogP contribution in [-0.2, 0) is 7.05 Å². The van der Waals surface area contributed by atoms with E-state index in [1.165, 1.54) is 36.8 Å². The number of thiophene rings is 1. The van der Waals surface area contributed by atoms with E-state index in [2.05, 4.69) is 61.0 Å². The minimum atomic E-state index is 1.32. The third-order valence-corrected chi connectivity index (χ3v) is 4.90. The third kappa shape index (κ3) is 1.16. The highest BCUT2D eigenvalue weighted by Crippen LogP contribution is 2.40. The molecular formula is C16H13NS. The number of nitrogens with zero attached hydrogens (tertiary/aromatic N) is 1. The highest BCUT2D eigenvalue weighted by atomic mass is 32.1. The summed E-state index contributed by atoms with van der Waals surface area (Å²) in [5, 5.41) is 4.16. The lowest BCUT2D eigenvalue weighted by atomic mass is 10.1. The molecule has 2 aromatic heterocycles. The van der Waals surface area contributed by atoms with Gasteiger partial charge in [0, 0.05) is 33.4 Å². The van der Waals surface area contributed by atoms with Gasteiger partial charge in [-0.3, -0.25) is 0 Å². The van der Waals surface area contributed by atoms with Crippen LogP contribution >= 0.6 is 11.3 Å². The third-order valence-electron chi connectivity index (χ3n) is 3.67. The number of benzene rings is 2. The van der Waals surface area contributed by atoms with Crippen molar-refractivity contribution < 1.29 is 0 Å². The Balaban J connectivity index is 2.35. The first kappa shape index (κ1) is 10.2. The Kier molecular flexibility index (Phi) is 1.90. The van der Waals surface area contributed by atoms with E-state index in [1.54, 1.807) is 0 Å². The molecule has 2 heterocycles. The number of rotatable bonds is 0. The summed E-state index contributed by atoms with van der Waals surface area (Å²) >= 11 is 1.89. The molecule has 0 fully saturated rings. The van der Waals surface area contributed by atoms with Crippen molar-refractivity contribution >= 4 is 42.5 Å². The lowest BCUT2D eigenvalue weighted by molar-refractivity contribution is 1.02. The van der Waals surface area contributed by atoms with Crippen LogP contribution in [0.25, 0.3) is 31.2 Å². The molecule has 4 aromatic rings. The molecule has 0 spiro atoms. The minimum Gasteiger partial charge on any atom is -0.335 e. The lowest BCUT2D eigenvalue weighted by Crippen LogP contribution is -1.83. The Labute approximate surface area is 109 Å². The van der Waals surface area contributed by atoms with Crippen molar-refractivity contribution in [3.63, 3.8) is 0 Å². The Morgan fingerprint density at radius 3 is 2.72 bits per heavy atom. The van der Waals surface area contributed by atoms with Gasteiger partial charge in [0.05, 0.1) is 0 Å². The first-order valence-electron chi connectivity index (χ1n) is 6.12. The quantitative estimate of drug-likeness (QED) is 0.421. The Morgan fingerprint density at radius 2 is 1.83 bits per heavy atom. The van der Waals surface area contributed by atoms with Crippen molar-refractivity contribution in [3.05, 3.63) is 48.0 Å². The Hall–Kier alpha value is -1.80. The smallest absolute Gasteiger partial charge is 0.104 e. The van der Waals surface area contributed by atoms with Gasteiger partial charge in [0.1, 0.15) is 4.83 Å². The van der Waals surface area contributed by atoms with Crippen LogP contribution in [0.3, 0.4) is 0 Å². The summed E-state index contributed by atoms with van der Waals surface area (Å²) in [6, 6.07) is 15.4. The minimum absolute atomic E-state index is 1.32. The van der Waals surface area contributed by atoms with Gasteiger partial charge in [0.15, 0.2) is 0 Å². The normalized spacial score (nSPS) is 11.9. The Morgan fingerprint density at radius 1 is 1.00 bits per heavy atom. The molecule has 0 N–H and O–H groups in total. The van der Waals surface area contributed by atoms with Crippen LogP contribution < -0.4 is 0 Å². The second-order valence-electron chi connectivity index (χ2n) is 4.86. The lowest BCUT2D eigenvalue weighted by Gasteiger charge is -1.96. The van der Waals surface area contributed by atoms with Gasteiger partial charge in [-0.05, 0) is 24.6 Å². The van der Waals surface area contributed by atoms with E-state index < -0.39 is 0 Å². The fourth-order valence-electron chi connectivity index (χ4n) is 2.77. The van der Waals surface area contributed by atoms with Crippen molar-refractivity contribution in [2.75, 3.05) is 0 Å². The molecular weight excluding hydrogens is 238 g/mol. The van der Waals surface area contributed by atoms with Crippen LogP contribution in [0.15, 0.2) is 42.5 Å². The molecule has 0 unspecified atom stereocenters. The van der Waals surface area contributed by atoms with Gasteiger partial charge in [-0.1, -0.05) is 30.3 Å². The summed E-state index contributed by atoms with van der Waals surface area (Å²) in [6.07, 6.45) is 0. The first-order chi connectivity index (χ1) is 8.75. The van der Waals surface area contributed by atoms with Crippen LogP contribution in [0.2, 0.25) is 0 Å². The van der Waals surface area contributed by atoms with Crippen molar-refractivity contribution in [1.82, 2.24) is 4.57 Å². The molecule has 0 atom stereocenters. The maximum absolute atomic E-state index is 2.31. The van der Waals surface area contributed by atoms with Crippen LogP contribution in [0.5, 0.6) is 0 Å². The van der Waals surface area contributed by atoms with Crippen LogP contribution in [-0.4, -0.2) is 4.57 Å². The van der Waals surface area contributed by atoms with Gasteiger partial charge in [-0.15, -0.1) is 11.3 Å². The molecule has 0 saturated carbocycles. The zero-order valence-corrected chi connectivity index (χ0v) is 11.2. The van der Waals surface area contributed by atoms with Gasteiger partial charge in [0.2, 0.25) is 0 Å². The summed E-state index contributed by atoms with van der Waals surface area (Å²) < 4.78 is 3.70.